The Kier molecular flexibility index (Phi) is 8.27. The third kappa shape index (κ3) is 6.18. The van der Waals surface area contributed by atoms with Crippen molar-refractivity contribution in [1.82, 2.24) is 15.2 Å². The number of aromatic nitrogens is 1. The molecule has 2 aliphatic heterocycles. The molecule has 1 saturated heterocycles. The molecule has 0 spiro atoms. The molecule has 3 heterocycles. The number of amides is 2. The fraction of sp³-hybridized carbons (Fsp3) is 0.560. The van der Waals surface area contributed by atoms with Crippen molar-refractivity contribution in [3.8, 4) is 0 Å². The van der Waals surface area contributed by atoms with Crippen molar-refractivity contribution in [3.05, 3.63) is 28.9 Å². The second kappa shape index (κ2) is 11.3. The van der Waals surface area contributed by atoms with Crippen molar-refractivity contribution in [3.63, 3.8) is 0 Å². The van der Waals surface area contributed by atoms with Gasteiger partial charge in [0.2, 0.25) is 6.79 Å². The monoisotopic (exact) mass is 548 g/mol. The Bertz CT molecular complexity index is 1130. The number of thioether (sulfide) groups is 1. The summed E-state index contributed by atoms with van der Waals surface area (Å²) in [5.74, 6) is -1.08. The molecule has 2 fully saturated rings. The van der Waals surface area contributed by atoms with E-state index in [-0.39, 0.29) is 5.70 Å². The summed E-state index contributed by atoms with van der Waals surface area (Å²) in [7, 11) is 0. The number of thiazole rings is 1. The van der Waals surface area contributed by atoms with Gasteiger partial charge in [-0.3, -0.25) is 19.3 Å². The van der Waals surface area contributed by atoms with Gasteiger partial charge in [-0.05, 0) is 39.2 Å². The van der Waals surface area contributed by atoms with E-state index in [0.717, 1.165) is 19.3 Å². The van der Waals surface area contributed by atoms with Gasteiger partial charge in [-0.2, -0.15) is 0 Å². The van der Waals surface area contributed by atoms with E-state index >= 15 is 0 Å². The van der Waals surface area contributed by atoms with Crippen LogP contribution in [0.5, 0.6) is 0 Å². The molecule has 10 nitrogen and oxygen atoms in total. The highest BCUT2D eigenvalue weighted by Gasteiger charge is 2.53. The Morgan fingerprint density at radius 1 is 1.24 bits per heavy atom. The number of hydrogen-bond acceptors (Lipinski definition) is 10. The van der Waals surface area contributed by atoms with E-state index in [1.54, 1.807) is 32.2 Å². The Labute approximate surface area is 224 Å². The summed E-state index contributed by atoms with van der Waals surface area (Å²) in [6.07, 6.45) is 8.94. The number of fused-ring (bicyclic) bond motifs is 1. The van der Waals surface area contributed by atoms with Crippen molar-refractivity contribution >= 4 is 57.6 Å². The summed E-state index contributed by atoms with van der Waals surface area (Å²) in [6.45, 7) is 4.52. The van der Waals surface area contributed by atoms with Gasteiger partial charge in [0.15, 0.2) is 5.13 Å². The Morgan fingerprint density at radius 3 is 2.62 bits per heavy atom. The molecule has 0 aromatic carbocycles. The lowest BCUT2D eigenvalue weighted by Crippen LogP contribution is -2.70. The maximum atomic E-state index is 13.3. The number of nitrogen functional groups attached to an aromatic ring is 1. The van der Waals surface area contributed by atoms with Gasteiger partial charge in [-0.15, -0.1) is 23.1 Å². The van der Waals surface area contributed by atoms with Crippen LogP contribution in [-0.2, 0) is 28.7 Å². The van der Waals surface area contributed by atoms with Crippen molar-refractivity contribution in [2.75, 3.05) is 18.3 Å². The lowest BCUT2D eigenvalue weighted by Gasteiger charge is -2.48. The third-order valence-electron chi connectivity index (χ3n) is 6.51. The molecule has 3 N–H and O–H groups in total. The average Bonchev–Trinajstić information content (AvgIpc) is 3.53. The van der Waals surface area contributed by atoms with Gasteiger partial charge in [0, 0.05) is 11.1 Å². The van der Waals surface area contributed by atoms with E-state index in [1.165, 1.54) is 40.8 Å². The summed E-state index contributed by atoms with van der Waals surface area (Å²) in [5.41, 5.74) is 6.05. The van der Waals surface area contributed by atoms with E-state index < -0.39 is 47.4 Å². The molecule has 0 bridgehead atoms. The number of β-lactam (4-membered cyclic amide) rings is 1. The Morgan fingerprint density at radius 2 is 1.97 bits per heavy atom. The van der Waals surface area contributed by atoms with Gasteiger partial charge in [0.05, 0.1) is 16.7 Å². The Balaban J connectivity index is 1.38. The fourth-order valence-corrected chi connectivity index (χ4v) is 6.19. The van der Waals surface area contributed by atoms with Crippen LogP contribution in [0.4, 0.5) is 5.13 Å². The molecule has 1 saturated carbocycles. The van der Waals surface area contributed by atoms with Crippen molar-refractivity contribution < 1.29 is 28.7 Å². The third-order valence-corrected chi connectivity index (χ3v) is 8.36. The zero-order valence-corrected chi connectivity index (χ0v) is 22.8. The summed E-state index contributed by atoms with van der Waals surface area (Å²) in [4.78, 5) is 56.4. The van der Waals surface area contributed by atoms with Crippen LogP contribution in [0.1, 0.15) is 58.6 Å². The number of carbonyl (C=O) groups excluding carboxylic acids is 4. The lowest BCUT2D eigenvalue weighted by molar-refractivity contribution is -0.173. The average molecular weight is 549 g/mol. The van der Waals surface area contributed by atoms with Crippen LogP contribution < -0.4 is 11.1 Å². The van der Waals surface area contributed by atoms with Crippen LogP contribution in [0, 0.1) is 11.3 Å². The number of esters is 2. The molecule has 1 aromatic rings. The molecular formula is C25H32N4O6S2. The van der Waals surface area contributed by atoms with Gasteiger partial charge in [-0.1, -0.05) is 31.8 Å². The molecule has 200 valence electrons. The largest absolute Gasteiger partial charge is 0.427 e. The molecule has 12 heteroatoms. The SMILES string of the molecule is CC(C)(C)C(=O)OCOC(=O)C1=CCS[C@@H]2[C@H](NC(=O)/C(=C\CC3CCCC3)c3csc(N)n3)C(=O)N12. The smallest absolute Gasteiger partial charge is 0.357 e. The zero-order chi connectivity index (χ0) is 26.7. The first-order valence-electron chi connectivity index (χ1n) is 12.3. The lowest BCUT2D eigenvalue weighted by atomic mass is 9.98. The highest BCUT2D eigenvalue weighted by atomic mass is 32.2. The molecule has 0 unspecified atom stereocenters. The maximum absolute atomic E-state index is 13.3. The standard InChI is InChI=1S/C25H32N4O6S2/c1-25(2,3)23(33)35-13-34-22(32)17-10-11-36-21-18(20(31)29(17)21)28-19(30)15(16-12-37-24(26)27-16)9-8-14-6-4-5-7-14/h9-10,12,14,18,21H,4-8,11,13H2,1-3H3,(H2,26,27)(H,28,30)/b15-9-/t18-,21-/m1/s1. The minimum absolute atomic E-state index is 0.0790. The molecule has 1 aliphatic carbocycles. The molecule has 1 aromatic heterocycles. The van der Waals surface area contributed by atoms with Crippen molar-refractivity contribution in [1.29, 1.82) is 0 Å². The number of nitrogens with one attached hydrogen (secondary N) is 1. The predicted octanol–water partition coefficient (Wildman–Crippen LogP) is 3.06. The molecule has 4 rings (SSSR count). The molecule has 37 heavy (non-hydrogen) atoms. The number of hydrogen-bond donors (Lipinski definition) is 2. The minimum Gasteiger partial charge on any atom is -0.427 e. The van der Waals surface area contributed by atoms with E-state index in [0.29, 0.717) is 28.1 Å². The second-order valence-corrected chi connectivity index (χ2v) is 12.3. The van der Waals surface area contributed by atoms with E-state index in [4.69, 9.17) is 15.2 Å². The number of allylic oxidation sites excluding steroid dienone is 1. The zero-order valence-electron chi connectivity index (χ0n) is 21.2. The topological polar surface area (TPSA) is 141 Å². The summed E-state index contributed by atoms with van der Waals surface area (Å²) in [6, 6.07) is -0.793. The van der Waals surface area contributed by atoms with Crippen LogP contribution in [-0.4, -0.2) is 57.6 Å². The number of ether oxygens (including phenoxy) is 2. The van der Waals surface area contributed by atoms with Gasteiger partial charge >= 0.3 is 11.9 Å². The molecule has 2 amide bonds. The van der Waals surface area contributed by atoms with Crippen LogP contribution in [0.3, 0.4) is 0 Å². The quantitative estimate of drug-likeness (QED) is 0.217. The first-order chi connectivity index (χ1) is 17.6. The summed E-state index contributed by atoms with van der Waals surface area (Å²) >= 11 is 2.69. The van der Waals surface area contributed by atoms with Crippen molar-refractivity contribution in [2.45, 2.75) is 64.3 Å². The van der Waals surface area contributed by atoms with Crippen LogP contribution in [0.2, 0.25) is 0 Å². The molecule has 0 radical (unpaired) electrons. The first kappa shape index (κ1) is 27.2. The summed E-state index contributed by atoms with van der Waals surface area (Å²) < 4.78 is 10.1. The molecule has 3 aliphatic rings. The highest BCUT2D eigenvalue weighted by molar-refractivity contribution is 8.00. The highest BCUT2D eigenvalue weighted by Crippen LogP contribution is 2.38. The number of nitrogens with two attached hydrogens (primary N) is 1. The fourth-order valence-electron chi connectivity index (χ4n) is 4.43. The van der Waals surface area contributed by atoms with E-state index in [2.05, 4.69) is 10.3 Å². The van der Waals surface area contributed by atoms with Gasteiger partial charge in [0.25, 0.3) is 11.8 Å². The maximum Gasteiger partial charge on any atom is 0.357 e. The van der Waals surface area contributed by atoms with Crippen LogP contribution in [0.15, 0.2) is 23.2 Å². The minimum atomic E-state index is -0.793. The van der Waals surface area contributed by atoms with Gasteiger partial charge < -0.3 is 20.5 Å². The number of carbonyl (C=O) groups is 4. The second-order valence-electron chi connectivity index (χ2n) is 10.3. The number of anilines is 1. The number of nitrogens with zero attached hydrogens (tertiary/aromatic N) is 2. The van der Waals surface area contributed by atoms with Gasteiger partial charge in [0.1, 0.15) is 17.1 Å². The predicted molar refractivity (Wildman–Crippen MR) is 141 cm³/mol. The summed E-state index contributed by atoms with van der Waals surface area (Å²) in [5, 5.41) is 4.50. The van der Waals surface area contributed by atoms with E-state index in [1.807, 2.05) is 6.08 Å². The Hall–Kier alpha value is -2.86. The molecule has 2 atom stereocenters. The molecular weight excluding hydrogens is 516 g/mol. The van der Waals surface area contributed by atoms with Crippen molar-refractivity contribution in [2.24, 2.45) is 11.3 Å². The van der Waals surface area contributed by atoms with Gasteiger partial charge in [-0.25, -0.2) is 9.78 Å². The van der Waals surface area contributed by atoms with E-state index in [9.17, 15) is 19.2 Å². The number of rotatable bonds is 8. The first-order valence-corrected chi connectivity index (χ1v) is 14.2. The van der Waals surface area contributed by atoms with Crippen LogP contribution in [0.25, 0.3) is 5.57 Å². The normalized spacial score (nSPS) is 22.1. The van der Waals surface area contributed by atoms with Crippen LogP contribution >= 0.6 is 23.1 Å².